The monoisotopic (exact) mass is 403 g/mol. The summed E-state index contributed by atoms with van der Waals surface area (Å²) in [6, 6.07) is 5.45. The Kier molecular flexibility index (Phi) is 8.12. The summed E-state index contributed by atoms with van der Waals surface area (Å²) in [5.41, 5.74) is 1.03. The van der Waals surface area contributed by atoms with Gasteiger partial charge in [-0.3, -0.25) is 4.57 Å². The number of aromatic nitrogens is 2. The predicted octanol–water partition coefficient (Wildman–Crippen LogP) is 4.27. The quantitative estimate of drug-likeness (QED) is 0.393. The number of nitrogens with zero attached hydrogens (tertiary/aromatic N) is 3. The van der Waals surface area contributed by atoms with Gasteiger partial charge in [-0.05, 0) is 37.5 Å². The molecule has 0 aliphatic carbocycles. The van der Waals surface area contributed by atoms with Crippen LogP contribution in [0.2, 0.25) is 10.0 Å². The SMILES string of the molecule is CCNC(=NCc1nccn1C(F)F)NCCCc1ccc(Cl)cc1Cl. The molecule has 5 nitrogen and oxygen atoms in total. The fraction of sp³-hybridized carbons (Fsp3) is 0.412. The smallest absolute Gasteiger partial charge is 0.319 e. The number of hydrogen-bond acceptors (Lipinski definition) is 2. The van der Waals surface area contributed by atoms with Crippen molar-refractivity contribution < 1.29 is 8.78 Å². The first-order chi connectivity index (χ1) is 12.5. The average Bonchev–Trinajstić information content (AvgIpc) is 3.06. The van der Waals surface area contributed by atoms with Gasteiger partial charge in [0.05, 0.1) is 0 Å². The van der Waals surface area contributed by atoms with E-state index in [2.05, 4.69) is 20.6 Å². The highest BCUT2D eigenvalue weighted by atomic mass is 35.5. The van der Waals surface area contributed by atoms with Gasteiger partial charge in [-0.2, -0.15) is 8.78 Å². The van der Waals surface area contributed by atoms with Gasteiger partial charge in [0.25, 0.3) is 0 Å². The molecule has 9 heteroatoms. The molecule has 0 radical (unpaired) electrons. The fourth-order valence-electron chi connectivity index (χ4n) is 2.35. The van der Waals surface area contributed by atoms with Gasteiger partial charge in [0.1, 0.15) is 12.4 Å². The van der Waals surface area contributed by atoms with Crippen molar-refractivity contribution in [2.24, 2.45) is 4.99 Å². The molecule has 0 saturated heterocycles. The minimum absolute atomic E-state index is 0.0652. The summed E-state index contributed by atoms with van der Waals surface area (Å²) in [5, 5.41) is 7.52. The number of halogens is 4. The zero-order valence-corrected chi connectivity index (χ0v) is 15.9. The zero-order chi connectivity index (χ0) is 18.9. The normalized spacial score (nSPS) is 11.8. The van der Waals surface area contributed by atoms with Crippen LogP contribution in [0.4, 0.5) is 8.78 Å². The van der Waals surface area contributed by atoms with E-state index < -0.39 is 6.55 Å². The molecule has 0 amide bonds. The molecule has 0 unspecified atom stereocenters. The van der Waals surface area contributed by atoms with Gasteiger partial charge in [0, 0.05) is 35.5 Å². The Morgan fingerprint density at radius 1 is 1.31 bits per heavy atom. The van der Waals surface area contributed by atoms with Crippen LogP contribution < -0.4 is 10.6 Å². The Bertz CT molecular complexity index is 734. The number of aliphatic imine (C=N–C) groups is 1. The molecular formula is C17H21Cl2F2N5. The van der Waals surface area contributed by atoms with Crippen molar-refractivity contribution >= 4 is 29.2 Å². The summed E-state index contributed by atoms with van der Waals surface area (Å²) in [5.74, 6) is 0.767. The fourth-order valence-corrected chi connectivity index (χ4v) is 2.85. The van der Waals surface area contributed by atoms with Gasteiger partial charge in [-0.1, -0.05) is 29.3 Å². The topological polar surface area (TPSA) is 54.2 Å². The van der Waals surface area contributed by atoms with E-state index in [0.29, 0.717) is 29.1 Å². The number of nitrogens with one attached hydrogen (secondary N) is 2. The first-order valence-electron chi connectivity index (χ1n) is 8.27. The second-order valence-corrected chi connectivity index (χ2v) is 6.33. The second-order valence-electron chi connectivity index (χ2n) is 5.49. The third-order valence-electron chi connectivity index (χ3n) is 3.61. The molecular weight excluding hydrogens is 383 g/mol. The van der Waals surface area contributed by atoms with Crippen LogP contribution in [0.25, 0.3) is 0 Å². The molecule has 0 saturated carbocycles. The van der Waals surface area contributed by atoms with Crippen LogP contribution >= 0.6 is 23.2 Å². The molecule has 1 aromatic carbocycles. The first-order valence-corrected chi connectivity index (χ1v) is 9.02. The summed E-state index contributed by atoms with van der Waals surface area (Å²) >= 11 is 12.0. The third-order valence-corrected chi connectivity index (χ3v) is 4.20. The second kappa shape index (κ2) is 10.3. The molecule has 2 rings (SSSR count). The van der Waals surface area contributed by atoms with Crippen molar-refractivity contribution in [1.29, 1.82) is 0 Å². The largest absolute Gasteiger partial charge is 0.357 e. The van der Waals surface area contributed by atoms with E-state index in [-0.39, 0.29) is 12.4 Å². The molecule has 0 spiro atoms. The molecule has 0 bridgehead atoms. The number of guanidine groups is 1. The van der Waals surface area contributed by atoms with Crippen molar-refractivity contribution in [2.45, 2.75) is 32.9 Å². The highest BCUT2D eigenvalue weighted by molar-refractivity contribution is 6.35. The van der Waals surface area contributed by atoms with Crippen LogP contribution in [0.15, 0.2) is 35.6 Å². The Morgan fingerprint density at radius 3 is 2.81 bits per heavy atom. The lowest BCUT2D eigenvalue weighted by Gasteiger charge is -2.12. The van der Waals surface area contributed by atoms with Crippen molar-refractivity contribution in [2.75, 3.05) is 13.1 Å². The Labute approximate surface area is 161 Å². The van der Waals surface area contributed by atoms with Gasteiger partial charge in [0.2, 0.25) is 0 Å². The van der Waals surface area contributed by atoms with Crippen LogP contribution in [0.1, 0.15) is 31.3 Å². The van der Waals surface area contributed by atoms with E-state index in [4.69, 9.17) is 23.2 Å². The highest BCUT2D eigenvalue weighted by Crippen LogP contribution is 2.21. The number of hydrogen-bond donors (Lipinski definition) is 2. The zero-order valence-electron chi connectivity index (χ0n) is 14.4. The highest BCUT2D eigenvalue weighted by Gasteiger charge is 2.11. The van der Waals surface area contributed by atoms with Crippen LogP contribution in [0, 0.1) is 0 Å². The summed E-state index contributed by atoms with van der Waals surface area (Å²) < 4.78 is 26.5. The Hall–Kier alpha value is -1.86. The average molecular weight is 404 g/mol. The minimum Gasteiger partial charge on any atom is -0.357 e. The standard InChI is InChI=1S/C17H21Cl2F2N5/c1-2-22-17(25-11-15-23-8-9-26(15)16(20)21)24-7-3-4-12-5-6-13(18)10-14(12)19/h5-6,8-10,16H,2-4,7,11H2,1H3,(H2,22,24,25). The van der Waals surface area contributed by atoms with Crippen molar-refractivity contribution in [3.63, 3.8) is 0 Å². The van der Waals surface area contributed by atoms with E-state index >= 15 is 0 Å². The lowest BCUT2D eigenvalue weighted by Crippen LogP contribution is -2.38. The Balaban J connectivity index is 1.86. The summed E-state index contributed by atoms with van der Waals surface area (Å²) in [4.78, 5) is 8.22. The van der Waals surface area contributed by atoms with Gasteiger partial charge in [-0.15, -0.1) is 0 Å². The van der Waals surface area contributed by atoms with E-state index in [9.17, 15) is 8.78 Å². The molecule has 0 atom stereocenters. The van der Waals surface area contributed by atoms with Crippen molar-refractivity contribution in [1.82, 2.24) is 20.2 Å². The van der Waals surface area contributed by atoms with Gasteiger partial charge >= 0.3 is 6.55 Å². The number of benzene rings is 1. The maximum absolute atomic E-state index is 12.8. The molecule has 2 N–H and O–H groups in total. The first kappa shape index (κ1) is 20.5. The van der Waals surface area contributed by atoms with E-state index in [1.807, 2.05) is 19.1 Å². The lowest BCUT2D eigenvalue weighted by molar-refractivity contribution is 0.0671. The summed E-state index contributed by atoms with van der Waals surface area (Å²) in [6.07, 6.45) is 4.20. The van der Waals surface area contributed by atoms with Gasteiger partial charge in [0.15, 0.2) is 5.96 Å². The maximum Gasteiger partial charge on any atom is 0.319 e. The lowest BCUT2D eigenvalue weighted by atomic mass is 10.1. The molecule has 0 aliphatic rings. The number of imidazole rings is 1. The molecule has 142 valence electrons. The van der Waals surface area contributed by atoms with E-state index in [0.717, 1.165) is 23.0 Å². The van der Waals surface area contributed by atoms with Crippen LogP contribution in [0.3, 0.4) is 0 Å². The molecule has 1 heterocycles. The number of aryl methyl sites for hydroxylation is 1. The summed E-state index contributed by atoms with van der Waals surface area (Å²) in [6.45, 7) is 0.703. The van der Waals surface area contributed by atoms with E-state index in [1.54, 1.807) is 6.07 Å². The van der Waals surface area contributed by atoms with Gasteiger partial charge < -0.3 is 10.6 Å². The Morgan fingerprint density at radius 2 is 2.12 bits per heavy atom. The summed E-state index contributed by atoms with van der Waals surface area (Å²) in [7, 11) is 0. The van der Waals surface area contributed by atoms with Crippen LogP contribution in [-0.2, 0) is 13.0 Å². The molecule has 0 fully saturated rings. The van der Waals surface area contributed by atoms with Crippen molar-refractivity contribution in [3.8, 4) is 0 Å². The molecule has 26 heavy (non-hydrogen) atoms. The van der Waals surface area contributed by atoms with Gasteiger partial charge in [-0.25, -0.2) is 9.98 Å². The number of rotatable bonds is 8. The molecule has 0 aliphatic heterocycles. The van der Waals surface area contributed by atoms with Crippen LogP contribution in [0.5, 0.6) is 0 Å². The predicted molar refractivity (Wildman–Crippen MR) is 101 cm³/mol. The third kappa shape index (κ3) is 6.14. The van der Waals surface area contributed by atoms with E-state index in [1.165, 1.54) is 12.4 Å². The van der Waals surface area contributed by atoms with Crippen LogP contribution in [-0.4, -0.2) is 28.6 Å². The maximum atomic E-state index is 12.8. The van der Waals surface area contributed by atoms with Crippen molar-refractivity contribution in [3.05, 3.63) is 52.0 Å². The molecule has 1 aromatic heterocycles. The number of alkyl halides is 2. The molecule has 2 aromatic rings. The minimum atomic E-state index is -2.62.